The fourth-order valence-electron chi connectivity index (χ4n) is 1.71. The Bertz CT molecular complexity index is 655. The lowest BCUT2D eigenvalue weighted by atomic mass is 10.1. The van der Waals surface area contributed by atoms with Crippen LogP contribution >= 0.6 is 11.6 Å². The molecule has 5 heteroatoms. The molecule has 104 valence electrons. The SMILES string of the molecule is COc1cccc(C(=O)CS(=O)c2ccccc2Cl)c1. The van der Waals surface area contributed by atoms with Crippen LogP contribution in [0.2, 0.25) is 5.02 Å². The highest BCUT2D eigenvalue weighted by molar-refractivity contribution is 7.86. The smallest absolute Gasteiger partial charge is 0.175 e. The van der Waals surface area contributed by atoms with Gasteiger partial charge in [-0.2, -0.15) is 0 Å². The Morgan fingerprint density at radius 2 is 1.95 bits per heavy atom. The van der Waals surface area contributed by atoms with Crippen molar-refractivity contribution >= 4 is 28.2 Å². The predicted octanol–water partition coefficient (Wildman–Crippen LogP) is 3.34. The minimum atomic E-state index is -1.46. The summed E-state index contributed by atoms with van der Waals surface area (Å²) in [7, 11) is 0.0768. The second kappa shape index (κ2) is 6.68. The normalized spacial score (nSPS) is 11.9. The highest BCUT2D eigenvalue weighted by atomic mass is 35.5. The Morgan fingerprint density at radius 3 is 2.65 bits per heavy atom. The van der Waals surface area contributed by atoms with Crippen molar-refractivity contribution in [1.82, 2.24) is 0 Å². The molecule has 0 aliphatic heterocycles. The van der Waals surface area contributed by atoms with E-state index in [1.54, 1.807) is 48.5 Å². The second-order valence-corrected chi connectivity index (χ2v) is 5.90. The molecule has 2 aromatic rings. The molecule has 1 atom stereocenters. The van der Waals surface area contributed by atoms with Crippen LogP contribution in [0, 0.1) is 0 Å². The summed E-state index contributed by atoms with van der Waals surface area (Å²) >= 11 is 5.97. The first-order chi connectivity index (χ1) is 9.61. The van der Waals surface area contributed by atoms with Gasteiger partial charge in [-0.1, -0.05) is 35.9 Å². The average Bonchev–Trinajstić information content (AvgIpc) is 2.47. The molecule has 2 rings (SSSR count). The number of halogens is 1. The predicted molar refractivity (Wildman–Crippen MR) is 80.1 cm³/mol. The molecule has 0 amide bonds. The Balaban J connectivity index is 2.15. The molecule has 0 saturated carbocycles. The monoisotopic (exact) mass is 308 g/mol. The van der Waals surface area contributed by atoms with Gasteiger partial charge in [-0.15, -0.1) is 0 Å². The zero-order chi connectivity index (χ0) is 14.5. The standard InChI is InChI=1S/C15H13ClO3S/c1-19-12-6-4-5-11(9-12)14(17)10-20(18)15-8-3-2-7-13(15)16/h2-9H,10H2,1H3. The van der Waals surface area contributed by atoms with E-state index in [-0.39, 0.29) is 11.5 Å². The second-order valence-electron chi connectivity index (χ2n) is 4.08. The van der Waals surface area contributed by atoms with Gasteiger partial charge in [0.2, 0.25) is 0 Å². The maximum atomic E-state index is 12.2. The summed E-state index contributed by atoms with van der Waals surface area (Å²) in [5, 5.41) is 0.407. The molecule has 0 radical (unpaired) electrons. The van der Waals surface area contributed by atoms with E-state index < -0.39 is 10.8 Å². The molecular weight excluding hydrogens is 296 g/mol. The largest absolute Gasteiger partial charge is 0.497 e. The number of carbonyl (C=O) groups excluding carboxylic acids is 1. The van der Waals surface area contributed by atoms with Gasteiger partial charge in [0.15, 0.2) is 5.78 Å². The molecule has 3 nitrogen and oxygen atoms in total. The Morgan fingerprint density at radius 1 is 1.20 bits per heavy atom. The Kier molecular flexibility index (Phi) is 4.93. The lowest BCUT2D eigenvalue weighted by molar-refractivity contribution is 0.102. The number of hydrogen-bond donors (Lipinski definition) is 0. The zero-order valence-corrected chi connectivity index (χ0v) is 12.4. The van der Waals surface area contributed by atoms with Gasteiger partial charge in [0.1, 0.15) is 5.75 Å². The number of methoxy groups -OCH3 is 1. The molecule has 0 spiro atoms. The topological polar surface area (TPSA) is 43.4 Å². The van der Waals surface area contributed by atoms with Crippen LogP contribution in [0.15, 0.2) is 53.4 Å². The first-order valence-electron chi connectivity index (χ1n) is 5.92. The van der Waals surface area contributed by atoms with Gasteiger partial charge in [0.25, 0.3) is 0 Å². The number of Topliss-reactive ketones (excluding diaryl/α,β-unsaturated/α-hetero) is 1. The fraction of sp³-hybridized carbons (Fsp3) is 0.133. The molecule has 1 unspecified atom stereocenters. The van der Waals surface area contributed by atoms with Crippen molar-refractivity contribution in [3.63, 3.8) is 0 Å². The van der Waals surface area contributed by atoms with Gasteiger partial charge < -0.3 is 4.74 Å². The summed E-state index contributed by atoms with van der Waals surface area (Å²) in [5.41, 5.74) is 0.477. The first kappa shape index (κ1) is 14.8. The third-order valence-corrected chi connectivity index (χ3v) is 4.55. The summed E-state index contributed by atoms with van der Waals surface area (Å²) in [4.78, 5) is 12.6. The molecule has 0 aromatic heterocycles. The van der Waals surface area contributed by atoms with Crippen LogP contribution < -0.4 is 4.74 Å². The summed E-state index contributed by atoms with van der Waals surface area (Å²) in [6.45, 7) is 0. The highest BCUT2D eigenvalue weighted by Gasteiger charge is 2.14. The van der Waals surface area contributed by atoms with E-state index in [9.17, 15) is 9.00 Å². The van der Waals surface area contributed by atoms with Crippen LogP contribution in [0.4, 0.5) is 0 Å². The van der Waals surface area contributed by atoms with E-state index in [1.807, 2.05) is 0 Å². The maximum Gasteiger partial charge on any atom is 0.175 e. The number of hydrogen-bond acceptors (Lipinski definition) is 3. The van der Waals surface area contributed by atoms with Crippen molar-refractivity contribution in [3.8, 4) is 5.75 Å². The van der Waals surface area contributed by atoms with Crippen molar-refractivity contribution in [1.29, 1.82) is 0 Å². The molecule has 0 N–H and O–H groups in total. The van der Waals surface area contributed by atoms with Gasteiger partial charge >= 0.3 is 0 Å². The molecule has 0 aliphatic carbocycles. The van der Waals surface area contributed by atoms with Gasteiger partial charge in [0.05, 0.1) is 33.6 Å². The van der Waals surface area contributed by atoms with Crippen molar-refractivity contribution in [2.45, 2.75) is 4.90 Å². The Labute approximate surface area is 125 Å². The summed E-state index contributed by atoms with van der Waals surface area (Å²) < 4.78 is 17.2. The maximum absolute atomic E-state index is 12.2. The van der Waals surface area contributed by atoms with Crippen LogP contribution in [0.25, 0.3) is 0 Å². The zero-order valence-electron chi connectivity index (χ0n) is 10.8. The van der Waals surface area contributed by atoms with E-state index in [1.165, 1.54) is 7.11 Å². The molecule has 2 aromatic carbocycles. The Hall–Kier alpha value is -1.65. The van der Waals surface area contributed by atoms with Gasteiger partial charge in [0, 0.05) is 5.56 Å². The van der Waals surface area contributed by atoms with Gasteiger partial charge in [-0.3, -0.25) is 9.00 Å². The van der Waals surface area contributed by atoms with Crippen LogP contribution in [0.5, 0.6) is 5.75 Å². The molecule has 0 saturated heterocycles. The van der Waals surface area contributed by atoms with Crippen LogP contribution in [0.1, 0.15) is 10.4 Å². The van der Waals surface area contributed by atoms with Crippen molar-refractivity contribution in [2.24, 2.45) is 0 Å². The molecule has 0 bridgehead atoms. The number of rotatable bonds is 5. The van der Waals surface area contributed by atoms with E-state index >= 15 is 0 Å². The van der Waals surface area contributed by atoms with Crippen molar-refractivity contribution in [2.75, 3.05) is 12.9 Å². The number of carbonyl (C=O) groups is 1. The summed E-state index contributed by atoms with van der Waals surface area (Å²) in [6, 6.07) is 13.6. The quantitative estimate of drug-likeness (QED) is 0.796. The highest BCUT2D eigenvalue weighted by Crippen LogP contribution is 2.20. The summed E-state index contributed by atoms with van der Waals surface area (Å²) in [5.74, 6) is 0.290. The molecule has 20 heavy (non-hydrogen) atoms. The minimum Gasteiger partial charge on any atom is -0.497 e. The van der Waals surface area contributed by atoms with Gasteiger partial charge in [-0.25, -0.2) is 0 Å². The van der Waals surface area contributed by atoms with Gasteiger partial charge in [-0.05, 0) is 24.3 Å². The lowest BCUT2D eigenvalue weighted by Gasteiger charge is -2.05. The number of ketones is 1. The fourth-order valence-corrected chi connectivity index (χ4v) is 3.18. The average molecular weight is 309 g/mol. The van der Waals surface area contributed by atoms with E-state index in [4.69, 9.17) is 16.3 Å². The number of ether oxygens (including phenoxy) is 1. The summed E-state index contributed by atoms with van der Waals surface area (Å²) in [6.07, 6.45) is 0. The van der Waals surface area contributed by atoms with E-state index in [0.717, 1.165) is 0 Å². The molecule has 0 fully saturated rings. The third-order valence-electron chi connectivity index (χ3n) is 2.74. The van der Waals surface area contributed by atoms with Crippen LogP contribution in [-0.4, -0.2) is 22.9 Å². The lowest BCUT2D eigenvalue weighted by Crippen LogP contribution is -2.11. The molecule has 0 heterocycles. The third kappa shape index (κ3) is 3.46. The van der Waals surface area contributed by atoms with Crippen molar-refractivity contribution in [3.05, 3.63) is 59.1 Å². The van der Waals surface area contributed by atoms with Crippen molar-refractivity contribution < 1.29 is 13.7 Å². The minimum absolute atomic E-state index is 0.100. The molecular formula is C15H13ClO3S. The molecule has 0 aliphatic rings. The van der Waals surface area contributed by atoms with E-state index in [2.05, 4.69) is 0 Å². The van der Waals surface area contributed by atoms with Crippen LogP contribution in [0.3, 0.4) is 0 Å². The first-order valence-corrected chi connectivity index (χ1v) is 7.61. The van der Waals surface area contributed by atoms with Crippen LogP contribution in [-0.2, 0) is 10.8 Å². The van der Waals surface area contributed by atoms with E-state index in [0.29, 0.717) is 21.2 Å². The number of benzene rings is 2.